The molecule has 0 bridgehead atoms. The zero-order chi connectivity index (χ0) is 25.3. The number of methoxy groups -OCH3 is 2. The molecule has 0 saturated carbocycles. The summed E-state index contributed by atoms with van der Waals surface area (Å²) >= 11 is 3.46. The molecule has 0 fully saturated rings. The third-order valence-corrected chi connectivity index (χ3v) is 7.24. The van der Waals surface area contributed by atoms with Gasteiger partial charge in [-0.1, -0.05) is 41.7 Å². The number of hydrogen-bond acceptors (Lipinski definition) is 7. The Kier molecular flexibility index (Phi) is 7.46. The van der Waals surface area contributed by atoms with E-state index in [-0.39, 0.29) is 11.7 Å². The third kappa shape index (κ3) is 4.92. The molecule has 7 nitrogen and oxygen atoms in total. The van der Waals surface area contributed by atoms with Crippen molar-refractivity contribution in [1.29, 1.82) is 0 Å². The highest BCUT2D eigenvalue weighted by molar-refractivity contribution is 14.1. The molecule has 0 saturated heterocycles. The maximum absolute atomic E-state index is 13.7. The molecular weight excluding hydrogens is 579 g/mol. The summed E-state index contributed by atoms with van der Waals surface area (Å²) in [5.41, 5.74) is 2.28. The van der Waals surface area contributed by atoms with E-state index in [1.165, 1.54) is 11.3 Å². The Labute approximate surface area is 220 Å². The zero-order valence-electron chi connectivity index (χ0n) is 20.0. The van der Waals surface area contributed by atoms with Crippen molar-refractivity contribution in [2.24, 2.45) is 4.99 Å². The summed E-state index contributed by atoms with van der Waals surface area (Å²) in [6.07, 6.45) is 1.51. The van der Waals surface area contributed by atoms with E-state index in [1.54, 1.807) is 39.6 Å². The lowest BCUT2D eigenvalue weighted by Crippen LogP contribution is -2.40. The second-order valence-corrected chi connectivity index (χ2v) is 10.4. The first-order valence-electron chi connectivity index (χ1n) is 10.9. The largest absolute Gasteiger partial charge is 0.493 e. The first-order chi connectivity index (χ1) is 16.7. The van der Waals surface area contributed by atoms with E-state index in [0.29, 0.717) is 32.1 Å². The van der Waals surface area contributed by atoms with E-state index in [0.717, 1.165) is 14.7 Å². The van der Waals surface area contributed by atoms with Crippen LogP contribution in [0.3, 0.4) is 0 Å². The van der Waals surface area contributed by atoms with Crippen LogP contribution in [0, 0.1) is 3.57 Å². The smallest absolute Gasteiger partial charge is 0.338 e. The van der Waals surface area contributed by atoms with Crippen LogP contribution in [0.25, 0.3) is 6.08 Å². The summed E-state index contributed by atoms with van der Waals surface area (Å²) in [5.74, 6) is 0.744. The molecule has 0 radical (unpaired) electrons. The summed E-state index contributed by atoms with van der Waals surface area (Å²) < 4.78 is 19.4. The van der Waals surface area contributed by atoms with Crippen LogP contribution in [0.5, 0.6) is 11.5 Å². The molecule has 35 heavy (non-hydrogen) atoms. The number of fused-ring (bicyclic) bond motifs is 1. The van der Waals surface area contributed by atoms with Crippen LogP contribution >= 0.6 is 33.9 Å². The number of nitrogens with zero attached hydrogens (tertiary/aromatic N) is 2. The first kappa shape index (κ1) is 25.2. The average molecular weight is 604 g/mol. The second kappa shape index (κ2) is 10.4. The monoisotopic (exact) mass is 604 g/mol. The Hall–Kier alpha value is -2.92. The molecule has 0 amide bonds. The summed E-state index contributed by atoms with van der Waals surface area (Å²) in [7, 11) is 3.16. The third-order valence-electron chi connectivity index (χ3n) is 5.45. The molecule has 4 rings (SSSR count). The number of halogens is 1. The topological polar surface area (TPSA) is 79.1 Å². The standard InChI is InChI=1S/C26H25IN2O5S/c1-14(2)34-25(31)21-15(3)28-26-29(22(21)17-9-7-6-8-10-17)24(30)20(35-26)13-16-11-18(27)23(33-5)19(12-16)32-4/h6-14,22H,1-5H3. The fourth-order valence-corrected chi connectivity index (χ4v) is 5.88. The number of aromatic nitrogens is 1. The summed E-state index contributed by atoms with van der Waals surface area (Å²) in [6, 6.07) is 12.6. The molecule has 0 aliphatic carbocycles. The van der Waals surface area contributed by atoms with Crippen LogP contribution in [0.15, 0.2) is 63.5 Å². The van der Waals surface area contributed by atoms with Gasteiger partial charge in [0, 0.05) is 0 Å². The molecule has 1 aliphatic heterocycles. The van der Waals surface area contributed by atoms with Crippen molar-refractivity contribution in [3.63, 3.8) is 0 Å². The van der Waals surface area contributed by atoms with Crippen LogP contribution in [-0.2, 0) is 9.53 Å². The van der Waals surface area contributed by atoms with Gasteiger partial charge in [-0.2, -0.15) is 0 Å². The molecule has 0 spiro atoms. The maximum Gasteiger partial charge on any atom is 0.338 e. The molecule has 1 aliphatic rings. The number of carbonyl (C=O) groups is 1. The normalized spacial score (nSPS) is 15.6. The number of esters is 1. The van der Waals surface area contributed by atoms with Crippen molar-refractivity contribution in [3.05, 3.63) is 88.1 Å². The molecule has 1 unspecified atom stereocenters. The van der Waals surface area contributed by atoms with E-state index < -0.39 is 12.0 Å². The molecule has 182 valence electrons. The molecule has 1 aromatic heterocycles. The molecule has 2 heterocycles. The van der Waals surface area contributed by atoms with Gasteiger partial charge in [0.15, 0.2) is 16.3 Å². The minimum absolute atomic E-state index is 0.227. The van der Waals surface area contributed by atoms with Crippen LogP contribution in [0.2, 0.25) is 0 Å². The van der Waals surface area contributed by atoms with Gasteiger partial charge in [0.25, 0.3) is 5.56 Å². The predicted octanol–water partition coefficient (Wildman–Crippen LogP) is 3.81. The predicted molar refractivity (Wildman–Crippen MR) is 144 cm³/mol. The van der Waals surface area contributed by atoms with Crippen molar-refractivity contribution in [2.45, 2.75) is 32.9 Å². The van der Waals surface area contributed by atoms with E-state index in [2.05, 4.69) is 27.6 Å². The minimum atomic E-state index is -0.633. The van der Waals surface area contributed by atoms with Gasteiger partial charge in [-0.15, -0.1) is 0 Å². The Morgan fingerprint density at radius 3 is 2.51 bits per heavy atom. The first-order valence-corrected chi connectivity index (χ1v) is 12.8. The Morgan fingerprint density at radius 1 is 1.17 bits per heavy atom. The number of rotatable bonds is 6. The molecular formula is C26H25IN2O5S. The van der Waals surface area contributed by atoms with Crippen molar-refractivity contribution in [1.82, 2.24) is 4.57 Å². The number of allylic oxidation sites excluding steroid dienone is 1. The van der Waals surface area contributed by atoms with Gasteiger partial charge in [-0.25, -0.2) is 9.79 Å². The van der Waals surface area contributed by atoms with Gasteiger partial charge in [0.05, 0.1) is 45.7 Å². The van der Waals surface area contributed by atoms with Crippen molar-refractivity contribution in [2.75, 3.05) is 14.2 Å². The summed E-state index contributed by atoms with van der Waals surface area (Å²) in [6.45, 7) is 5.37. The Bertz CT molecular complexity index is 1490. The SMILES string of the molecule is COc1cc(C=c2sc3n(c2=O)C(c2ccccc2)C(C(=O)OC(C)C)=C(C)N=3)cc(I)c1OC. The van der Waals surface area contributed by atoms with Gasteiger partial charge in [0.1, 0.15) is 0 Å². The lowest BCUT2D eigenvalue weighted by molar-refractivity contribution is -0.143. The number of benzene rings is 2. The van der Waals surface area contributed by atoms with Crippen molar-refractivity contribution in [3.8, 4) is 11.5 Å². The summed E-state index contributed by atoms with van der Waals surface area (Å²) in [5, 5.41) is 0. The maximum atomic E-state index is 13.7. The van der Waals surface area contributed by atoms with Gasteiger partial charge < -0.3 is 14.2 Å². The number of thiazole rings is 1. The molecule has 1 atom stereocenters. The summed E-state index contributed by atoms with van der Waals surface area (Å²) in [4.78, 5) is 32.0. The Morgan fingerprint density at radius 2 is 1.89 bits per heavy atom. The quantitative estimate of drug-likeness (QED) is 0.316. The fraction of sp³-hybridized carbons (Fsp3) is 0.269. The van der Waals surface area contributed by atoms with Gasteiger partial charge in [0.2, 0.25) is 0 Å². The number of hydrogen-bond donors (Lipinski definition) is 0. The van der Waals surface area contributed by atoms with Crippen LogP contribution in [0.1, 0.15) is 37.9 Å². The van der Waals surface area contributed by atoms with E-state index in [4.69, 9.17) is 14.2 Å². The highest BCUT2D eigenvalue weighted by Crippen LogP contribution is 2.34. The van der Waals surface area contributed by atoms with Crippen molar-refractivity contribution >= 4 is 46.0 Å². The lowest BCUT2D eigenvalue weighted by Gasteiger charge is -2.25. The van der Waals surface area contributed by atoms with E-state index in [1.807, 2.05) is 48.5 Å². The van der Waals surface area contributed by atoms with E-state index in [9.17, 15) is 9.59 Å². The number of ether oxygens (including phenoxy) is 3. The molecule has 0 N–H and O–H groups in total. The molecule has 2 aromatic carbocycles. The van der Waals surface area contributed by atoms with Crippen molar-refractivity contribution < 1.29 is 19.0 Å². The van der Waals surface area contributed by atoms with Gasteiger partial charge in [-0.05, 0) is 72.7 Å². The highest BCUT2D eigenvalue weighted by atomic mass is 127. The number of carbonyl (C=O) groups excluding carboxylic acids is 1. The van der Waals surface area contributed by atoms with Crippen LogP contribution in [0.4, 0.5) is 0 Å². The van der Waals surface area contributed by atoms with Crippen LogP contribution in [-0.4, -0.2) is 30.9 Å². The molecule has 3 aromatic rings. The Balaban J connectivity index is 1.93. The van der Waals surface area contributed by atoms with Gasteiger partial charge >= 0.3 is 5.97 Å². The minimum Gasteiger partial charge on any atom is -0.493 e. The second-order valence-electron chi connectivity index (χ2n) is 8.18. The fourth-order valence-electron chi connectivity index (χ4n) is 3.98. The average Bonchev–Trinajstić information content (AvgIpc) is 3.12. The highest BCUT2D eigenvalue weighted by Gasteiger charge is 2.33. The zero-order valence-corrected chi connectivity index (χ0v) is 23.0. The molecule has 9 heteroatoms. The van der Waals surface area contributed by atoms with E-state index >= 15 is 0 Å². The van der Waals surface area contributed by atoms with Crippen LogP contribution < -0.4 is 24.4 Å². The lowest BCUT2D eigenvalue weighted by atomic mass is 9.96. The van der Waals surface area contributed by atoms with Gasteiger partial charge in [-0.3, -0.25) is 9.36 Å².